The quantitative estimate of drug-likeness (QED) is 0.110. The second kappa shape index (κ2) is 15.2. The van der Waals surface area contributed by atoms with Crippen LogP contribution in [0.1, 0.15) is 25.0 Å². The van der Waals surface area contributed by atoms with Crippen LogP contribution < -0.4 is 15.9 Å². The Balaban J connectivity index is 1.50. The van der Waals surface area contributed by atoms with Gasteiger partial charge < -0.3 is 0 Å². The summed E-state index contributed by atoms with van der Waals surface area (Å²) in [6.07, 6.45) is 13.4. The standard InChI is InChI=1S/C45H37OPS.Os/c1-4-15-34-23-26-44-42(28-34)43-29-35(24-27-45(43)48-44)22-25-37(30-38-32-46-31-36(38)5-2)33(3)47(39-16-9-6-10-17-39,40-18-11-7-12-19-40)41-20-13-8-14-21-41;/h4-30H,31-32H2,1-2H3;/q+1;/b15-4+,25-22+,36-5?,37-33?,38-30?;. The number of hydrogen-bond acceptors (Lipinski definition) is 2. The van der Waals surface area contributed by atoms with E-state index >= 15 is 0 Å². The normalized spacial score (nSPS) is 16.0. The van der Waals surface area contributed by atoms with Crippen LogP contribution in [0, 0.1) is 4.37 Å². The molecule has 0 saturated carbocycles. The van der Waals surface area contributed by atoms with Crippen molar-refractivity contribution in [1.82, 2.24) is 0 Å². The Morgan fingerprint density at radius 3 is 1.67 bits per heavy atom. The number of ether oxygens (including phenoxy) is 1. The number of fused-ring (bicyclic) bond motifs is 3. The summed E-state index contributed by atoms with van der Waals surface area (Å²) >= 11 is 3.68. The second-order valence-electron chi connectivity index (χ2n) is 12.0. The first-order valence-electron chi connectivity index (χ1n) is 16.5. The van der Waals surface area contributed by atoms with Crippen molar-refractivity contribution < 1.29 is 22.7 Å². The van der Waals surface area contributed by atoms with Crippen molar-refractivity contribution in [3.63, 3.8) is 0 Å². The zero-order valence-electron chi connectivity index (χ0n) is 27.6. The number of benzene rings is 5. The van der Waals surface area contributed by atoms with Crippen molar-refractivity contribution in [2.75, 3.05) is 13.2 Å². The van der Waals surface area contributed by atoms with Crippen molar-refractivity contribution in [1.29, 1.82) is 0 Å². The van der Waals surface area contributed by atoms with Gasteiger partial charge in [0.25, 0.3) is 0 Å². The molecule has 241 valence electrons. The van der Waals surface area contributed by atoms with Crippen LogP contribution in [0.3, 0.4) is 0 Å². The Hall–Kier alpha value is -4.17. The Morgan fingerprint density at radius 2 is 1.18 bits per heavy atom. The van der Waals surface area contributed by atoms with Gasteiger partial charge in [-0.2, -0.15) is 0 Å². The summed E-state index contributed by atoms with van der Waals surface area (Å²) in [4.78, 5) is 0. The van der Waals surface area contributed by atoms with Crippen molar-refractivity contribution in [3.8, 4) is 4.37 Å². The molecule has 1 aromatic heterocycles. The van der Waals surface area contributed by atoms with E-state index in [9.17, 15) is 0 Å². The number of thiophene rings is 1. The predicted octanol–water partition coefficient (Wildman–Crippen LogP) is 10.8. The monoisotopic (exact) mass is 848 g/mol. The average Bonchev–Trinajstić information content (AvgIpc) is 3.77. The first kappa shape index (κ1) is 33.3. The van der Waals surface area contributed by atoms with Gasteiger partial charge >= 0.3 is 293 Å². The first-order chi connectivity index (χ1) is 24.1. The SMILES string of the molecule is CC=C1COCC1=CC(/C=C/c1ccc2sc3ccc(/C=C/C)cc3c2c1)=C([C]#[Os])[P+](c1ccccc1)(c1ccccc1)c1ccccc1. The van der Waals surface area contributed by atoms with Gasteiger partial charge in [0.05, 0.1) is 0 Å². The summed E-state index contributed by atoms with van der Waals surface area (Å²) in [5, 5.41) is 7.75. The van der Waals surface area contributed by atoms with Crippen LogP contribution in [0.2, 0.25) is 0 Å². The van der Waals surface area contributed by atoms with E-state index in [0.29, 0.717) is 13.2 Å². The van der Waals surface area contributed by atoms with Gasteiger partial charge in [0.2, 0.25) is 0 Å². The second-order valence-corrected chi connectivity index (χ2v) is 17.0. The van der Waals surface area contributed by atoms with Crippen molar-refractivity contribution in [3.05, 3.63) is 185 Å². The molecular formula is C45H37OOsPS+. The van der Waals surface area contributed by atoms with E-state index < -0.39 is 7.26 Å². The van der Waals surface area contributed by atoms with Crippen LogP contribution in [-0.4, -0.2) is 13.2 Å². The molecule has 0 amide bonds. The molecule has 1 nitrogen and oxygen atoms in total. The van der Waals surface area contributed by atoms with E-state index in [1.54, 1.807) is 0 Å². The van der Waals surface area contributed by atoms with Crippen molar-refractivity contribution in [2.24, 2.45) is 0 Å². The third-order valence-electron chi connectivity index (χ3n) is 9.06. The fraction of sp³-hybridized carbons (Fsp3) is 0.0889. The molecule has 1 saturated heterocycles. The summed E-state index contributed by atoms with van der Waals surface area (Å²) in [7, 11) is -2.39. The van der Waals surface area contributed by atoms with E-state index in [4.69, 9.17) is 4.74 Å². The molecule has 6 aromatic rings. The third-order valence-corrected chi connectivity index (χ3v) is 15.6. The molecule has 7 rings (SSSR count). The maximum atomic E-state index is 5.99. The average molecular weight is 847 g/mol. The molecule has 5 aromatic carbocycles. The van der Waals surface area contributed by atoms with E-state index in [-0.39, 0.29) is 0 Å². The molecule has 0 bridgehead atoms. The molecule has 0 radical (unpaired) electrons. The van der Waals surface area contributed by atoms with Gasteiger partial charge in [0.1, 0.15) is 0 Å². The molecule has 2 heterocycles. The molecule has 0 N–H and O–H groups in total. The number of allylic oxidation sites excluding steroid dienone is 6. The molecule has 1 fully saturated rings. The zero-order valence-corrected chi connectivity index (χ0v) is 31.9. The van der Waals surface area contributed by atoms with Gasteiger partial charge in [-0.1, -0.05) is 6.08 Å². The molecule has 0 atom stereocenters. The summed E-state index contributed by atoms with van der Waals surface area (Å²) in [5.74, 6) is 0. The maximum absolute atomic E-state index is 5.99. The fourth-order valence-electron chi connectivity index (χ4n) is 6.73. The van der Waals surface area contributed by atoms with Gasteiger partial charge in [-0.15, -0.1) is 0 Å². The van der Waals surface area contributed by atoms with Crippen LogP contribution in [0.5, 0.6) is 0 Å². The Kier molecular flexibility index (Phi) is 10.3. The Bertz CT molecular complexity index is 2220. The molecule has 4 heteroatoms. The third kappa shape index (κ3) is 6.59. The minimum atomic E-state index is -2.39. The topological polar surface area (TPSA) is 9.23 Å². The van der Waals surface area contributed by atoms with Crippen LogP contribution >= 0.6 is 18.6 Å². The van der Waals surface area contributed by atoms with Gasteiger partial charge in [-0.3, -0.25) is 0 Å². The van der Waals surface area contributed by atoms with E-state index in [2.05, 4.69) is 182 Å². The summed E-state index contributed by atoms with van der Waals surface area (Å²) in [6, 6.07) is 46.8. The van der Waals surface area contributed by atoms with Gasteiger partial charge in [-0.25, -0.2) is 0 Å². The summed E-state index contributed by atoms with van der Waals surface area (Å²) in [6.45, 7) is 5.42. The molecule has 1 aliphatic rings. The van der Waals surface area contributed by atoms with E-state index in [1.807, 2.05) is 29.3 Å². The first-order valence-corrected chi connectivity index (χ1v) is 20.4. The van der Waals surface area contributed by atoms with E-state index in [1.165, 1.54) is 63.7 Å². The molecule has 1 aliphatic heterocycles. The van der Waals surface area contributed by atoms with Crippen LogP contribution in [0.4, 0.5) is 0 Å². The predicted molar refractivity (Wildman–Crippen MR) is 212 cm³/mol. The summed E-state index contributed by atoms with van der Waals surface area (Å²) < 4.78 is 12.5. The molecular weight excluding hydrogens is 810 g/mol. The minimum absolute atomic E-state index is 0.602. The van der Waals surface area contributed by atoms with Gasteiger partial charge in [0, 0.05) is 0 Å². The Morgan fingerprint density at radius 1 is 0.673 bits per heavy atom. The van der Waals surface area contributed by atoms with Gasteiger partial charge in [-0.05, 0) is 6.92 Å². The van der Waals surface area contributed by atoms with Crippen LogP contribution in [0.15, 0.2) is 174 Å². The van der Waals surface area contributed by atoms with E-state index in [0.717, 1.165) is 5.57 Å². The van der Waals surface area contributed by atoms with Gasteiger partial charge in [0.15, 0.2) is 0 Å². The molecule has 0 spiro atoms. The summed E-state index contributed by atoms with van der Waals surface area (Å²) in [5.41, 5.74) is 6.03. The fourth-order valence-corrected chi connectivity index (χ4v) is 13.6. The molecule has 49 heavy (non-hydrogen) atoms. The van der Waals surface area contributed by atoms with Crippen molar-refractivity contribution in [2.45, 2.75) is 13.8 Å². The van der Waals surface area contributed by atoms with Crippen LogP contribution in [-0.2, 0) is 22.7 Å². The van der Waals surface area contributed by atoms with Crippen molar-refractivity contribution >= 4 is 66.8 Å². The molecule has 0 unspecified atom stereocenters. The molecule has 0 aliphatic carbocycles. The van der Waals surface area contributed by atoms with Crippen LogP contribution in [0.25, 0.3) is 32.3 Å². The zero-order chi connectivity index (χ0) is 33.6. The number of hydrogen-bond donors (Lipinski definition) is 0. The Labute approximate surface area is 304 Å². The number of rotatable bonds is 8.